The van der Waals surface area contributed by atoms with Crippen molar-refractivity contribution in [1.29, 1.82) is 0 Å². The Morgan fingerprint density at radius 1 is 1.35 bits per heavy atom. The molecule has 1 heterocycles. The summed E-state index contributed by atoms with van der Waals surface area (Å²) in [6.07, 6.45) is 4.82. The van der Waals surface area contributed by atoms with E-state index in [1.54, 1.807) is 0 Å². The molecular weight excluding hydrogens is 292 g/mol. The maximum absolute atomic E-state index is 11.9. The topological polar surface area (TPSA) is 79.2 Å². The van der Waals surface area contributed by atoms with E-state index in [-0.39, 0.29) is 11.9 Å². The Morgan fingerprint density at radius 3 is 2.65 bits per heavy atom. The van der Waals surface area contributed by atoms with E-state index in [1.165, 1.54) is 6.42 Å². The fraction of sp³-hybridized carbons (Fsp3) is 0.765. The minimum Gasteiger partial charge on any atom is -0.388 e. The van der Waals surface area contributed by atoms with Crippen LogP contribution in [0.25, 0.3) is 0 Å². The Hall–Kier alpha value is -1.56. The van der Waals surface area contributed by atoms with E-state index in [1.807, 2.05) is 18.5 Å². The fourth-order valence-corrected chi connectivity index (χ4v) is 3.18. The van der Waals surface area contributed by atoms with Gasteiger partial charge in [0, 0.05) is 25.3 Å². The number of hydrogen-bond donors (Lipinski definition) is 3. The molecule has 1 aliphatic rings. The summed E-state index contributed by atoms with van der Waals surface area (Å²) in [5.74, 6) is 0.288. The number of nitrogens with one attached hydrogen (secondary N) is 2. The van der Waals surface area contributed by atoms with Gasteiger partial charge in [-0.05, 0) is 38.7 Å². The zero-order valence-electron chi connectivity index (χ0n) is 14.6. The molecule has 0 saturated heterocycles. The van der Waals surface area contributed by atoms with E-state index in [0.29, 0.717) is 13.1 Å². The molecular formula is C17H30N4O2. The number of rotatable bonds is 6. The second kappa shape index (κ2) is 7.81. The largest absolute Gasteiger partial charge is 0.388 e. The lowest BCUT2D eigenvalue weighted by atomic mass is 9.85. The highest BCUT2D eigenvalue weighted by molar-refractivity contribution is 5.73. The molecule has 23 heavy (non-hydrogen) atoms. The number of aliphatic hydroxyl groups is 1. The molecule has 0 radical (unpaired) electrons. The van der Waals surface area contributed by atoms with Crippen LogP contribution in [-0.2, 0) is 6.54 Å². The Labute approximate surface area is 138 Å². The summed E-state index contributed by atoms with van der Waals surface area (Å²) in [4.78, 5) is 11.9. The van der Waals surface area contributed by atoms with Gasteiger partial charge in [-0.3, -0.25) is 4.68 Å². The van der Waals surface area contributed by atoms with Crippen LogP contribution < -0.4 is 10.6 Å². The van der Waals surface area contributed by atoms with Gasteiger partial charge < -0.3 is 15.7 Å². The van der Waals surface area contributed by atoms with E-state index in [4.69, 9.17) is 0 Å². The minimum atomic E-state index is -0.717. The number of urea groups is 1. The molecule has 6 nitrogen and oxygen atoms in total. The first kappa shape index (κ1) is 17.8. The molecule has 1 fully saturated rings. The van der Waals surface area contributed by atoms with Gasteiger partial charge in [0.1, 0.15) is 0 Å². The van der Waals surface area contributed by atoms with Gasteiger partial charge in [0.2, 0.25) is 0 Å². The first-order valence-corrected chi connectivity index (χ1v) is 8.63. The summed E-state index contributed by atoms with van der Waals surface area (Å²) in [7, 11) is 0. The van der Waals surface area contributed by atoms with Gasteiger partial charge >= 0.3 is 6.03 Å². The molecule has 0 spiro atoms. The first-order valence-electron chi connectivity index (χ1n) is 8.63. The molecule has 130 valence electrons. The van der Waals surface area contributed by atoms with Gasteiger partial charge in [-0.25, -0.2) is 4.79 Å². The summed E-state index contributed by atoms with van der Waals surface area (Å²) in [6, 6.07) is 1.85. The molecule has 1 unspecified atom stereocenters. The lowest BCUT2D eigenvalue weighted by molar-refractivity contribution is 0.00718. The van der Waals surface area contributed by atoms with Gasteiger partial charge in [-0.15, -0.1) is 0 Å². The molecule has 1 aromatic heterocycles. The number of aryl methyl sites for hydroxylation is 2. The smallest absolute Gasteiger partial charge is 0.314 e. The van der Waals surface area contributed by atoms with Crippen LogP contribution in [0.15, 0.2) is 6.07 Å². The van der Waals surface area contributed by atoms with E-state index in [0.717, 1.165) is 43.6 Å². The number of aromatic nitrogens is 2. The highest BCUT2D eigenvalue weighted by Gasteiger charge is 2.29. The Kier molecular flexibility index (Phi) is 6.04. The summed E-state index contributed by atoms with van der Waals surface area (Å²) in [5.41, 5.74) is 1.43. The molecule has 6 heteroatoms. The van der Waals surface area contributed by atoms with Crippen LogP contribution in [0.4, 0.5) is 4.79 Å². The normalized spacial score (nSPS) is 18.4. The molecule has 0 bridgehead atoms. The third-order valence-electron chi connectivity index (χ3n) is 4.56. The number of nitrogens with zero attached hydrogens (tertiary/aromatic N) is 2. The Morgan fingerprint density at radius 2 is 2.04 bits per heavy atom. The van der Waals surface area contributed by atoms with Crippen LogP contribution in [0.5, 0.6) is 0 Å². The van der Waals surface area contributed by atoms with Crippen molar-refractivity contribution >= 4 is 6.03 Å². The van der Waals surface area contributed by atoms with Gasteiger partial charge in [-0.1, -0.05) is 26.2 Å². The summed E-state index contributed by atoms with van der Waals surface area (Å²) in [6.45, 7) is 7.82. The predicted molar refractivity (Wildman–Crippen MR) is 90.3 cm³/mol. The average Bonchev–Trinajstić information content (AvgIpc) is 2.81. The van der Waals surface area contributed by atoms with Gasteiger partial charge in [-0.2, -0.15) is 5.10 Å². The third-order valence-corrected chi connectivity index (χ3v) is 4.56. The molecule has 1 atom stereocenters. The van der Waals surface area contributed by atoms with Crippen molar-refractivity contribution in [3.63, 3.8) is 0 Å². The molecule has 1 aliphatic carbocycles. The average molecular weight is 322 g/mol. The summed E-state index contributed by atoms with van der Waals surface area (Å²) >= 11 is 0. The first-order chi connectivity index (χ1) is 10.9. The van der Waals surface area contributed by atoms with Crippen molar-refractivity contribution in [3.05, 3.63) is 17.5 Å². The van der Waals surface area contributed by atoms with Crippen LogP contribution in [0.3, 0.4) is 0 Å². The molecule has 2 rings (SSSR count). The number of hydrogen-bond acceptors (Lipinski definition) is 3. The highest BCUT2D eigenvalue weighted by atomic mass is 16.3. The number of carbonyl (C=O) groups is 1. The zero-order chi connectivity index (χ0) is 16.9. The van der Waals surface area contributed by atoms with Crippen molar-refractivity contribution in [2.24, 2.45) is 5.92 Å². The SMILES string of the molecule is Cc1cc(C)n(CC(C)CNC(=O)NCC2(O)CCCCC2)n1. The van der Waals surface area contributed by atoms with Gasteiger partial charge in [0.05, 0.1) is 11.3 Å². The summed E-state index contributed by atoms with van der Waals surface area (Å²) < 4.78 is 1.98. The number of amides is 2. The van der Waals surface area contributed by atoms with Crippen LogP contribution >= 0.6 is 0 Å². The second-order valence-corrected chi connectivity index (χ2v) is 7.06. The molecule has 1 saturated carbocycles. The van der Waals surface area contributed by atoms with Crippen LogP contribution in [0, 0.1) is 19.8 Å². The summed E-state index contributed by atoms with van der Waals surface area (Å²) in [5, 5.41) is 20.5. The van der Waals surface area contributed by atoms with E-state index < -0.39 is 5.60 Å². The minimum absolute atomic E-state index is 0.204. The number of carbonyl (C=O) groups excluding carboxylic acids is 1. The van der Waals surface area contributed by atoms with Crippen molar-refractivity contribution in [2.45, 2.75) is 65.0 Å². The van der Waals surface area contributed by atoms with Crippen LogP contribution in [-0.4, -0.2) is 39.6 Å². The standard InChI is InChI=1S/C17H30N4O2/c1-13(11-21-15(3)9-14(2)20-21)10-18-16(22)19-12-17(23)7-5-4-6-8-17/h9,13,23H,4-8,10-12H2,1-3H3,(H2,18,19,22). The second-order valence-electron chi connectivity index (χ2n) is 7.06. The maximum Gasteiger partial charge on any atom is 0.314 e. The quantitative estimate of drug-likeness (QED) is 0.750. The Bertz CT molecular complexity index is 521. The maximum atomic E-state index is 11.9. The van der Waals surface area contributed by atoms with Gasteiger partial charge in [0.15, 0.2) is 0 Å². The predicted octanol–water partition coefficient (Wildman–Crippen LogP) is 2.13. The van der Waals surface area contributed by atoms with Gasteiger partial charge in [0.25, 0.3) is 0 Å². The molecule has 3 N–H and O–H groups in total. The van der Waals surface area contributed by atoms with Crippen molar-refractivity contribution in [1.82, 2.24) is 20.4 Å². The molecule has 1 aromatic rings. The van der Waals surface area contributed by atoms with Crippen LogP contribution in [0.1, 0.15) is 50.4 Å². The zero-order valence-corrected chi connectivity index (χ0v) is 14.6. The van der Waals surface area contributed by atoms with Crippen LogP contribution in [0.2, 0.25) is 0 Å². The molecule has 0 aromatic carbocycles. The lowest BCUT2D eigenvalue weighted by Gasteiger charge is -2.32. The Balaban J connectivity index is 1.68. The third kappa shape index (κ3) is 5.53. The van der Waals surface area contributed by atoms with E-state index >= 15 is 0 Å². The van der Waals surface area contributed by atoms with Crippen molar-refractivity contribution in [3.8, 4) is 0 Å². The molecule has 2 amide bonds. The highest BCUT2D eigenvalue weighted by Crippen LogP contribution is 2.27. The fourth-order valence-electron chi connectivity index (χ4n) is 3.18. The van der Waals surface area contributed by atoms with Crippen molar-refractivity contribution < 1.29 is 9.90 Å². The van der Waals surface area contributed by atoms with E-state index in [2.05, 4.69) is 28.7 Å². The molecule has 0 aliphatic heterocycles. The van der Waals surface area contributed by atoms with E-state index in [9.17, 15) is 9.90 Å². The monoisotopic (exact) mass is 322 g/mol. The lowest BCUT2D eigenvalue weighted by Crippen LogP contribution is -2.48. The van der Waals surface area contributed by atoms with Crippen molar-refractivity contribution in [2.75, 3.05) is 13.1 Å².